The molecule has 1 unspecified atom stereocenters. The van der Waals surface area contributed by atoms with Gasteiger partial charge in [0.1, 0.15) is 5.82 Å². The molecule has 5 rings (SSSR count). The van der Waals surface area contributed by atoms with E-state index in [1.54, 1.807) is 11.8 Å². The van der Waals surface area contributed by atoms with Gasteiger partial charge in [-0.2, -0.15) is 0 Å². The largest absolute Gasteiger partial charge is 0.357 e. The van der Waals surface area contributed by atoms with E-state index >= 15 is 0 Å². The lowest BCUT2D eigenvalue weighted by molar-refractivity contribution is 0.194. The maximum atomic E-state index is 4.64. The molecule has 0 fully saturated rings. The predicted octanol–water partition coefficient (Wildman–Crippen LogP) is 5.25. The maximum absolute atomic E-state index is 4.64. The molecule has 1 aliphatic heterocycles. The van der Waals surface area contributed by atoms with Crippen molar-refractivity contribution >= 4 is 22.7 Å². The first-order valence-electron chi connectivity index (χ1n) is 10.3. The molecule has 4 nitrogen and oxygen atoms in total. The smallest absolute Gasteiger partial charge is 0.122 e. The van der Waals surface area contributed by atoms with Crippen molar-refractivity contribution in [2.24, 2.45) is 0 Å². The summed E-state index contributed by atoms with van der Waals surface area (Å²) in [6, 6.07) is 18.0. The SMILES string of the molecule is CCn1ccnc1CN1CCc2c([nH]c3ccccc23)C1c1ccc(SC)cc1. The van der Waals surface area contributed by atoms with E-state index in [9.17, 15) is 0 Å². The standard InChI is InChI=1S/C24H26N4S/c1-3-27-15-13-25-22(27)16-28-14-12-20-19-6-4-5-7-21(19)26-23(20)24(28)17-8-10-18(29-2)11-9-17/h4-11,13,15,24,26H,3,12,14,16H2,1-2H3. The Hall–Kier alpha value is -2.50. The molecule has 1 aliphatic rings. The van der Waals surface area contributed by atoms with Gasteiger partial charge >= 0.3 is 0 Å². The van der Waals surface area contributed by atoms with Crippen molar-refractivity contribution in [2.75, 3.05) is 12.8 Å². The zero-order valence-corrected chi connectivity index (χ0v) is 17.7. The van der Waals surface area contributed by atoms with Gasteiger partial charge in [-0.1, -0.05) is 30.3 Å². The van der Waals surface area contributed by atoms with Crippen LogP contribution in [0.3, 0.4) is 0 Å². The summed E-state index contributed by atoms with van der Waals surface area (Å²) in [6.07, 6.45) is 7.18. The van der Waals surface area contributed by atoms with Gasteiger partial charge in [0.2, 0.25) is 0 Å². The van der Waals surface area contributed by atoms with Crippen LogP contribution in [0.15, 0.2) is 65.8 Å². The molecule has 148 valence electrons. The van der Waals surface area contributed by atoms with Crippen molar-refractivity contribution in [3.8, 4) is 0 Å². The molecule has 0 spiro atoms. The summed E-state index contributed by atoms with van der Waals surface area (Å²) in [5, 5.41) is 1.36. The van der Waals surface area contributed by atoms with Crippen LogP contribution in [0.1, 0.15) is 35.6 Å². The van der Waals surface area contributed by atoms with Crippen molar-refractivity contribution in [1.82, 2.24) is 19.4 Å². The second-order valence-electron chi connectivity index (χ2n) is 7.59. The summed E-state index contributed by atoms with van der Waals surface area (Å²) in [5.74, 6) is 1.14. The molecule has 0 saturated heterocycles. The summed E-state index contributed by atoms with van der Waals surface area (Å²) >= 11 is 1.79. The molecule has 4 aromatic rings. The molecule has 0 saturated carbocycles. The Balaban J connectivity index is 1.60. The van der Waals surface area contributed by atoms with Crippen molar-refractivity contribution in [3.05, 3.63) is 83.6 Å². The highest BCUT2D eigenvalue weighted by Crippen LogP contribution is 2.39. The lowest BCUT2D eigenvalue weighted by Gasteiger charge is -2.36. The molecule has 0 aliphatic carbocycles. The Morgan fingerprint density at radius 1 is 1.14 bits per heavy atom. The molecule has 0 bridgehead atoms. The van der Waals surface area contributed by atoms with E-state index in [1.807, 2.05) is 6.20 Å². The van der Waals surface area contributed by atoms with Gasteiger partial charge in [0.05, 0.1) is 12.6 Å². The van der Waals surface area contributed by atoms with Crippen molar-refractivity contribution < 1.29 is 0 Å². The Morgan fingerprint density at radius 2 is 1.97 bits per heavy atom. The summed E-state index contributed by atoms with van der Waals surface area (Å²) in [5.41, 5.74) is 5.38. The van der Waals surface area contributed by atoms with Gasteiger partial charge in [0, 0.05) is 47.0 Å². The molecular formula is C24H26N4S. The number of fused-ring (bicyclic) bond motifs is 3. The number of nitrogens with zero attached hydrogens (tertiary/aromatic N) is 3. The number of nitrogens with one attached hydrogen (secondary N) is 1. The summed E-state index contributed by atoms with van der Waals surface area (Å²) in [4.78, 5) is 12.3. The minimum Gasteiger partial charge on any atom is -0.357 e. The minimum absolute atomic E-state index is 0.212. The number of imidazole rings is 1. The fourth-order valence-corrected chi connectivity index (χ4v) is 4.99. The monoisotopic (exact) mass is 402 g/mol. The van der Waals surface area contributed by atoms with Crippen LogP contribution in [-0.2, 0) is 19.5 Å². The van der Waals surface area contributed by atoms with E-state index in [0.29, 0.717) is 0 Å². The fourth-order valence-electron chi connectivity index (χ4n) is 4.59. The zero-order valence-electron chi connectivity index (χ0n) is 16.9. The molecule has 2 aromatic heterocycles. The molecule has 3 heterocycles. The van der Waals surface area contributed by atoms with Gasteiger partial charge in [-0.15, -0.1) is 11.8 Å². The van der Waals surface area contributed by atoms with Gasteiger partial charge in [-0.25, -0.2) is 4.98 Å². The fraction of sp³-hybridized carbons (Fsp3) is 0.292. The highest BCUT2D eigenvalue weighted by molar-refractivity contribution is 7.98. The number of benzene rings is 2. The summed E-state index contributed by atoms with van der Waals surface area (Å²) in [6.45, 7) is 5.01. The summed E-state index contributed by atoms with van der Waals surface area (Å²) < 4.78 is 2.24. The quantitative estimate of drug-likeness (QED) is 0.463. The Morgan fingerprint density at radius 3 is 2.76 bits per heavy atom. The Kier molecular flexibility index (Phi) is 4.94. The molecular weight excluding hydrogens is 376 g/mol. The summed E-state index contributed by atoms with van der Waals surface area (Å²) in [7, 11) is 0. The number of aromatic nitrogens is 3. The number of thioether (sulfide) groups is 1. The second-order valence-corrected chi connectivity index (χ2v) is 8.47. The normalized spacial score (nSPS) is 17.0. The van der Waals surface area contributed by atoms with Gasteiger partial charge in [0.25, 0.3) is 0 Å². The Labute approximate surface area is 176 Å². The van der Waals surface area contributed by atoms with Crippen molar-refractivity contribution in [3.63, 3.8) is 0 Å². The zero-order chi connectivity index (χ0) is 19.8. The number of hydrogen-bond donors (Lipinski definition) is 1. The third kappa shape index (κ3) is 3.28. The highest BCUT2D eigenvalue weighted by atomic mass is 32.2. The lowest BCUT2D eigenvalue weighted by Crippen LogP contribution is -2.36. The molecule has 5 heteroatoms. The first-order valence-corrected chi connectivity index (χ1v) is 11.5. The first-order chi connectivity index (χ1) is 14.3. The topological polar surface area (TPSA) is 36.9 Å². The van der Waals surface area contributed by atoms with E-state index in [0.717, 1.165) is 31.9 Å². The Bertz CT molecular complexity index is 1130. The molecule has 29 heavy (non-hydrogen) atoms. The molecule has 1 atom stereocenters. The van der Waals surface area contributed by atoms with Crippen molar-refractivity contribution in [2.45, 2.75) is 37.4 Å². The van der Waals surface area contributed by atoms with Crippen LogP contribution < -0.4 is 0 Å². The molecule has 0 amide bonds. The van der Waals surface area contributed by atoms with Crippen LogP contribution >= 0.6 is 11.8 Å². The van der Waals surface area contributed by atoms with Crippen LogP contribution in [0.2, 0.25) is 0 Å². The van der Waals surface area contributed by atoms with Gasteiger partial charge in [0.15, 0.2) is 0 Å². The predicted molar refractivity (Wildman–Crippen MR) is 120 cm³/mol. The van der Waals surface area contributed by atoms with Gasteiger partial charge in [-0.05, 0) is 48.9 Å². The van der Waals surface area contributed by atoms with Gasteiger partial charge in [-0.3, -0.25) is 4.90 Å². The number of para-hydroxylation sites is 1. The van der Waals surface area contributed by atoms with Crippen LogP contribution in [0.4, 0.5) is 0 Å². The second kappa shape index (κ2) is 7.73. The molecule has 1 N–H and O–H groups in total. The maximum Gasteiger partial charge on any atom is 0.122 e. The third-order valence-corrected chi connectivity index (χ3v) is 6.80. The van der Waals surface area contributed by atoms with Crippen LogP contribution in [-0.4, -0.2) is 32.2 Å². The number of hydrogen-bond acceptors (Lipinski definition) is 3. The van der Waals surface area contributed by atoms with E-state index in [2.05, 4.69) is 87.3 Å². The third-order valence-electron chi connectivity index (χ3n) is 6.05. The van der Waals surface area contributed by atoms with Crippen LogP contribution in [0.25, 0.3) is 10.9 Å². The number of rotatable bonds is 5. The number of aryl methyl sites for hydroxylation is 1. The average Bonchev–Trinajstić information content (AvgIpc) is 3.37. The lowest BCUT2D eigenvalue weighted by atomic mass is 9.92. The number of H-pyrrole nitrogens is 1. The van der Waals surface area contributed by atoms with E-state index in [-0.39, 0.29) is 6.04 Å². The van der Waals surface area contributed by atoms with Crippen LogP contribution in [0.5, 0.6) is 0 Å². The number of aromatic amines is 1. The van der Waals surface area contributed by atoms with E-state index < -0.39 is 0 Å². The van der Waals surface area contributed by atoms with Gasteiger partial charge < -0.3 is 9.55 Å². The van der Waals surface area contributed by atoms with E-state index in [1.165, 1.54) is 32.6 Å². The molecule has 0 radical (unpaired) electrons. The van der Waals surface area contributed by atoms with E-state index in [4.69, 9.17) is 0 Å². The van der Waals surface area contributed by atoms with Crippen LogP contribution in [0, 0.1) is 0 Å². The van der Waals surface area contributed by atoms with Crippen molar-refractivity contribution in [1.29, 1.82) is 0 Å². The minimum atomic E-state index is 0.212. The average molecular weight is 403 g/mol. The highest BCUT2D eigenvalue weighted by Gasteiger charge is 2.32. The molecule has 2 aromatic carbocycles. The first kappa shape index (κ1) is 18.5.